The maximum atomic E-state index is 12.6. The topological polar surface area (TPSA) is 128 Å². The molecule has 3 amide bonds. The summed E-state index contributed by atoms with van der Waals surface area (Å²) in [5.41, 5.74) is -1.81. The first-order chi connectivity index (χ1) is 11.8. The lowest BCUT2D eigenvalue weighted by molar-refractivity contribution is -0.398. The second-order valence-corrected chi connectivity index (χ2v) is 6.47. The van der Waals surface area contributed by atoms with E-state index < -0.39 is 33.8 Å². The minimum Gasteiger partial charge on any atom is -0.867 e. The molecular formula is C15H14ClN4O5-. The van der Waals surface area contributed by atoms with Gasteiger partial charge in [0.1, 0.15) is 5.54 Å². The highest BCUT2D eigenvalue weighted by Gasteiger charge is 2.51. The molecular weight excluding hydrogens is 352 g/mol. The first kappa shape index (κ1) is 17.2. The number of benzene rings is 1. The number of halogens is 1. The Hall–Kier alpha value is -2.68. The van der Waals surface area contributed by atoms with Crippen molar-refractivity contribution in [2.75, 3.05) is 0 Å². The molecule has 1 saturated heterocycles. The zero-order chi connectivity index (χ0) is 18.2. The standard InChI is InChI=1S/C15H15ClN4O5/c16-10-6-9(12(21)11(7-10)20(24)25)8-17-19-13(22)15(18-14(19)23)4-2-1-3-5-15/h6-8,21H,1-5H2,(H,18,23)/p-1/b17-8-. The van der Waals surface area contributed by atoms with Crippen LogP contribution in [0.25, 0.3) is 0 Å². The fourth-order valence-corrected chi connectivity index (χ4v) is 3.38. The molecule has 0 atom stereocenters. The molecule has 0 bridgehead atoms. The molecule has 1 saturated carbocycles. The van der Waals surface area contributed by atoms with Gasteiger partial charge in [0.15, 0.2) is 0 Å². The van der Waals surface area contributed by atoms with Crippen molar-refractivity contribution < 1.29 is 19.6 Å². The average molecular weight is 366 g/mol. The number of imide groups is 1. The van der Waals surface area contributed by atoms with E-state index in [4.69, 9.17) is 11.6 Å². The third kappa shape index (κ3) is 3.02. The molecule has 1 heterocycles. The Bertz CT molecular complexity index is 788. The second-order valence-electron chi connectivity index (χ2n) is 6.03. The van der Waals surface area contributed by atoms with E-state index in [2.05, 4.69) is 10.4 Å². The number of amides is 3. The van der Waals surface area contributed by atoms with Crippen molar-refractivity contribution in [2.45, 2.75) is 37.6 Å². The van der Waals surface area contributed by atoms with Crippen LogP contribution in [0.5, 0.6) is 5.75 Å². The lowest BCUT2D eigenvalue weighted by Crippen LogP contribution is -2.48. The molecule has 1 spiro atoms. The van der Waals surface area contributed by atoms with Crippen molar-refractivity contribution >= 4 is 35.4 Å². The van der Waals surface area contributed by atoms with Crippen molar-refractivity contribution in [1.82, 2.24) is 10.3 Å². The third-order valence-corrected chi connectivity index (χ3v) is 4.64. The zero-order valence-corrected chi connectivity index (χ0v) is 13.8. The van der Waals surface area contributed by atoms with Crippen LogP contribution >= 0.6 is 11.6 Å². The summed E-state index contributed by atoms with van der Waals surface area (Å²) in [7, 11) is 0. The fourth-order valence-electron chi connectivity index (χ4n) is 3.16. The van der Waals surface area contributed by atoms with Crippen LogP contribution < -0.4 is 10.4 Å². The number of rotatable bonds is 3. The lowest BCUT2D eigenvalue weighted by Gasteiger charge is -2.29. The Kier molecular flexibility index (Phi) is 4.34. The summed E-state index contributed by atoms with van der Waals surface area (Å²) in [6.45, 7) is 0. The van der Waals surface area contributed by atoms with Gasteiger partial charge in [-0.1, -0.05) is 30.9 Å². The molecule has 1 N–H and O–H groups in total. The van der Waals surface area contributed by atoms with Crippen LogP contribution in [0.2, 0.25) is 5.02 Å². The molecule has 0 radical (unpaired) electrons. The minimum absolute atomic E-state index is 0.0197. The maximum absolute atomic E-state index is 12.6. The van der Waals surface area contributed by atoms with E-state index >= 15 is 0 Å². The molecule has 0 aromatic heterocycles. The number of nitrogens with one attached hydrogen (secondary N) is 1. The quantitative estimate of drug-likeness (QED) is 0.378. The Morgan fingerprint density at radius 2 is 1.96 bits per heavy atom. The summed E-state index contributed by atoms with van der Waals surface area (Å²) < 4.78 is 0. The molecule has 132 valence electrons. The van der Waals surface area contributed by atoms with Gasteiger partial charge in [-0.3, -0.25) is 14.9 Å². The number of nitro groups is 1. The summed E-state index contributed by atoms with van der Waals surface area (Å²) >= 11 is 5.77. The molecule has 2 fully saturated rings. The molecule has 25 heavy (non-hydrogen) atoms. The molecule has 1 aromatic rings. The molecule has 0 unspecified atom stereocenters. The van der Waals surface area contributed by atoms with Gasteiger partial charge in [0.05, 0.1) is 11.1 Å². The van der Waals surface area contributed by atoms with Gasteiger partial charge in [-0.25, -0.2) is 4.79 Å². The summed E-state index contributed by atoms with van der Waals surface area (Å²) in [6, 6.07) is 1.45. The molecule has 1 aromatic carbocycles. The van der Waals surface area contributed by atoms with E-state index in [1.165, 1.54) is 6.07 Å². The smallest absolute Gasteiger partial charge is 0.346 e. The van der Waals surface area contributed by atoms with Crippen LogP contribution in [0.3, 0.4) is 0 Å². The number of carbonyl (C=O) groups is 2. The molecule has 9 nitrogen and oxygen atoms in total. The number of nitrogens with zero attached hydrogens (tertiary/aromatic N) is 3. The molecule has 1 aliphatic carbocycles. The van der Waals surface area contributed by atoms with E-state index in [1.807, 2.05) is 0 Å². The van der Waals surface area contributed by atoms with Crippen LogP contribution in [-0.2, 0) is 4.79 Å². The fraction of sp³-hybridized carbons (Fsp3) is 0.400. The Morgan fingerprint density at radius 3 is 2.60 bits per heavy atom. The van der Waals surface area contributed by atoms with Gasteiger partial charge in [0, 0.05) is 11.1 Å². The monoisotopic (exact) mass is 365 g/mol. The van der Waals surface area contributed by atoms with Crippen LogP contribution in [0.1, 0.15) is 37.7 Å². The number of urea groups is 1. The van der Waals surface area contributed by atoms with E-state index in [9.17, 15) is 24.8 Å². The van der Waals surface area contributed by atoms with Gasteiger partial charge in [0.25, 0.3) is 11.6 Å². The average Bonchev–Trinajstić information content (AvgIpc) is 2.79. The van der Waals surface area contributed by atoms with Crippen LogP contribution in [-0.4, -0.2) is 33.6 Å². The summed E-state index contributed by atoms with van der Waals surface area (Å²) in [6.07, 6.45) is 4.68. The largest absolute Gasteiger partial charge is 0.867 e. The summed E-state index contributed by atoms with van der Waals surface area (Å²) in [5, 5.41) is 30.0. The van der Waals surface area contributed by atoms with E-state index in [0.29, 0.717) is 17.9 Å². The van der Waals surface area contributed by atoms with E-state index in [0.717, 1.165) is 31.5 Å². The van der Waals surface area contributed by atoms with Gasteiger partial charge < -0.3 is 10.4 Å². The van der Waals surface area contributed by atoms with Crippen LogP contribution in [0.15, 0.2) is 17.2 Å². The zero-order valence-electron chi connectivity index (χ0n) is 13.0. The highest BCUT2D eigenvalue weighted by Crippen LogP contribution is 2.34. The van der Waals surface area contributed by atoms with Gasteiger partial charge in [-0.2, -0.15) is 5.10 Å². The molecule has 2 aliphatic rings. The summed E-state index contributed by atoms with van der Waals surface area (Å²) in [5.74, 6) is -1.37. The van der Waals surface area contributed by atoms with Crippen LogP contribution in [0.4, 0.5) is 10.5 Å². The minimum atomic E-state index is -0.937. The van der Waals surface area contributed by atoms with Crippen molar-refractivity contribution in [3.63, 3.8) is 0 Å². The van der Waals surface area contributed by atoms with Gasteiger partial charge in [-0.05, 0) is 30.2 Å². The Morgan fingerprint density at radius 1 is 1.28 bits per heavy atom. The number of nitro benzene ring substituents is 1. The molecule has 10 heteroatoms. The predicted molar refractivity (Wildman–Crippen MR) is 86.3 cm³/mol. The predicted octanol–water partition coefficient (Wildman–Crippen LogP) is 1.91. The Labute approximate surface area is 147 Å². The van der Waals surface area contributed by atoms with E-state index in [1.54, 1.807) is 0 Å². The normalized spacial score (nSPS) is 19.6. The Balaban J connectivity index is 1.89. The first-order valence-corrected chi connectivity index (χ1v) is 8.07. The number of hydrogen-bond donors (Lipinski definition) is 1. The number of hydrazone groups is 1. The highest BCUT2D eigenvalue weighted by atomic mass is 35.5. The first-order valence-electron chi connectivity index (χ1n) is 7.70. The van der Waals surface area contributed by atoms with E-state index in [-0.39, 0.29) is 10.6 Å². The molecule has 1 aliphatic heterocycles. The molecule has 3 rings (SSSR count). The number of carbonyl (C=O) groups excluding carboxylic acids is 2. The highest BCUT2D eigenvalue weighted by molar-refractivity contribution is 6.31. The second kappa shape index (κ2) is 6.32. The lowest BCUT2D eigenvalue weighted by atomic mass is 9.82. The number of hydrogen-bond acceptors (Lipinski definition) is 6. The van der Waals surface area contributed by atoms with Crippen molar-refractivity contribution in [3.8, 4) is 5.75 Å². The van der Waals surface area contributed by atoms with Crippen molar-refractivity contribution in [1.29, 1.82) is 0 Å². The van der Waals surface area contributed by atoms with Crippen molar-refractivity contribution in [2.24, 2.45) is 5.10 Å². The van der Waals surface area contributed by atoms with Crippen LogP contribution in [0, 0.1) is 10.1 Å². The third-order valence-electron chi connectivity index (χ3n) is 4.42. The van der Waals surface area contributed by atoms with Gasteiger partial charge in [-0.15, -0.1) is 5.01 Å². The maximum Gasteiger partial charge on any atom is 0.346 e. The van der Waals surface area contributed by atoms with Gasteiger partial charge in [0.2, 0.25) is 0 Å². The van der Waals surface area contributed by atoms with Gasteiger partial charge >= 0.3 is 6.03 Å². The SMILES string of the molecule is O=C1NC2(CCCCC2)C(=O)N1/N=C\c1cc(Cl)cc([N+](=O)[O-])c1[O-]. The summed E-state index contributed by atoms with van der Waals surface area (Å²) in [4.78, 5) is 34.6. The van der Waals surface area contributed by atoms with Crippen molar-refractivity contribution in [3.05, 3.63) is 32.8 Å².